The second-order valence-corrected chi connectivity index (χ2v) is 4.46. The van der Waals surface area contributed by atoms with E-state index < -0.39 is 5.97 Å². The van der Waals surface area contributed by atoms with Crippen LogP contribution in [0.5, 0.6) is 11.6 Å². The summed E-state index contributed by atoms with van der Waals surface area (Å²) < 4.78 is 5.39. The Morgan fingerprint density at radius 1 is 1.35 bits per heavy atom. The van der Waals surface area contributed by atoms with Gasteiger partial charge in [-0.15, -0.1) is 5.10 Å². The molecule has 6 nitrogen and oxygen atoms in total. The Labute approximate surface area is 114 Å². The molecule has 100 valence electrons. The van der Waals surface area contributed by atoms with Crippen molar-refractivity contribution < 1.29 is 14.6 Å². The lowest BCUT2D eigenvalue weighted by molar-refractivity contribution is 0.0687. The molecule has 0 atom stereocenters. The van der Waals surface area contributed by atoms with E-state index >= 15 is 0 Å². The molecule has 2 aromatic rings. The Morgan fingerprint density at radius 2 is 2.10 bits per heavy atom. The fraction of sp³-hybridized carbons (Fsp3) is 0.214. The number of carboxylic acid groups (broad SMARTS) is 1. The van der Waals surface area contributed by atoms with Gasteiger partial charge in [0.1, 0.15) is 5.75 Å². The molecule has 2 N–H and O–H groups in total. The van der Waals surface area contributed by atoms with Crippen LogP contribution in [0.4, 0.5) is 0 Å². The number of aromatic carboxylic acids is 1. The van der Waals surface area contributed by atoms with Crippen molar-refractivity contribution in [3.63, 3.8) is 0 Å². The third kappa shape index (κ3) is 2.78. The van der Waals surface area contributed by atoms with E-state index in [9.17, 15) is 4.79 Å². The van der Waals surface area contributed by atoms with Crippen molar-refractivity contribution in [3.05, 3.63) is 35.5 Å². The molecule has 3 rings (SSSR count). The molecule has 20 heavy (non-hydrogen) atoms. The van der Waals surface area contributed by atoms with E-state index in [1.54, 1.807) is 12.1 Å². The number of carbonyl (C=O) groups is 1. The summed E-state index contributed by atoms with van der Waals surface area (Å²) in [6.45, 7) is 0. The summed E-state index contributed by atoms with van der Waals surface area (Å²) in [5.41, 5.74) is 0.660. The minimum Gasteiger partial charge on any atom is -0.476 e. The summed E-state index contributed by atoms with van der Waals surface area (Å²) >= 11 is 0. The number of nitrogens with zero attached hydrogens (tertiary/aromatic N) is 2. The summed E-state index contributed by atoms with van der Waals surface area (Å²) in [7, 11) is 0. The first-order valence-electron chi connectivity index (χ1n) is 6.16. The van der Waals surface area contributed by atoms with E-state index in [1.165, 1.54) is 12.8 Å². The van der Waals surface area contributed by atoms with Crippen LogP contribution in [0.1, 0.15) is 28.9 Å². The van der Waals surface area contributed by atoms with Crippen molar-refractivity contribution >= 4 is 5.97 Å². The Balaban J connectivity index is 1.73. The molecule has 1 aromatic heterocycles. The van der Waals surface area contributed by atoms with Gasteiger partial charge in [-0.25, -0.2) is 9.89 Å². The van der Waals surface area contributed by atoms with Gasteiger partial charge in [-0.05, 0) is 37.1 Å². The van der Waals surface area contributed by atoms with E-state index in [-0.39, 0.29) is 11.6 Å². The summed E-state index contributed by atoms with van der Waals surface area (Å²) in [5, 5.41) is 18.1. The molecule has 0 aliphatic heterocycles. The molecule has 0 unspecified atom stereocenters. The third-order valence-corrected chi connectivity index (χ3v) is 2.79. The highest BCUT2D eigenvalue weighted by Crippen LogP contribution is 2.27. The van der Waals surface area contributed by atoms with E-state index in [0.717, 1.165) is 5.56 Å². The topological polar surface area (TPSA) is 88.1 Å². The van der Waals surface area contributed by atoms with Crippen molar-refractivity contribution in [1.82, 2.24) is 15.4 Å². The molecule has 6 heteroatoms. The van der Waals surface area contributed by atoms with Gasteiger partial charge in [0.15, 0.2) is 0 Å². The summed E-state index contributed by atoms with van der Waals surface area (Å²) in [4.78, 5) is 10.9. The zero-order valence-corrected chi connectivity index (χ0v) is 10.5. The molecule has 1 saturated carbocycles. The largest absolute Gasteiger partial charge is 0.476 e. The molecule has 1 aromatic carbocycles. The molecule has 1 aliphatic rings. The highest BCUT2D eigenvalue weighted by Gasteiger charge is 2.18. The van der Waals surface area contributed by atoms with Gasteiger partial charge in [-0.2, -0.15) is 0 Å². The standard InChI is InChI=1S/C14H11N3O3/c18-14(19)12-13(16-17-15-12)20-11-7-5-10(6-8-11)4-3-9-1-2-9/h5-9H,1-2H2,(H,18,19)(H,15,16,17). The lowest BCUT2D eigenvalue weighted by Gasteiger charge is -2.02. The number of ether oxygens (including phenoxy) is 1. The van der Waals surface area contributed by atoms with Crippen LogP contribution in [0.15, 0.2) is 24.3 Å². The zero-order valence-electron chi connectivity index (χ0n) is 10.5. The van der Waals surface area contributed by atoms with Gasteiger partial charge in [0.2, 0.25) is 5.69 Å². The monoisotopic (exact) mass is 269 g/mol. The maximum absolute atomic E-state index is 10.9. The number of H-pyrrole nitrogens is 1. The van der Waals surface area contributed by atoms with Crippen LogP contribution in [0.3, 0.4) is 0 Å². The van der Waals surface area contributed by atoms with Crippen molar-refractivity contribution in [2.75, 3.05) is 0 Å². The van der Waals surface area contributed by atoms with E-state index in [0.29, 0.717) is 11.7 Å². The van der Waals surface area contributed by atoms with Gasteiger partial charge >= 0.3 is 5.97 Å². The van der Waals surface area contributed by atoms with Gasteiger partial charge in [0.25, 0.3) is 5.88 Å². The van der Waals surface area contributed by atoms with Crippen LogP contribution in [-0.2, 0) is 0 Å². The third-order valence-electron chi connectivity index (χ3n) is 2.79. The minimum absolute atomic E-state index is 0.00862. The smallest absolute Gasteiger partial charge is 0.362 e. The average Bonchev–Trinajstić information content (AvgIpc) is 3.16. The number of nitrogens with one attached hydrogen (secondary N) is 1. The van der Waals surface area contributed by atoms with Crippen molar-refractivity contribution in [2.45, 2.75) is 12.8 Å². The van der Waals surface area contributed by atoms with Crippen molar-refractivity contribution in [3.8, 4) is 23.5 Å². The van der Waals surface area contributed by atoms with Gasteiger partial charge in [0, 0.05) is 11.5 Å². The Kier molecular flexibility index (Phi) is 3.09. The number of rotatable bonds is 3. The van der Waals surface area contributed by atoms with Crippen molar-refractivity contribution in [1.29, 1.82) is 0 Å². The normalized spacial score (nSPS) is 13.4. The molecule has 0 amide bonds. The van der Waals surface area contributed by atoms with Crippen LogP contribution in [0.25, 0.3) is 0 Å². The number of hydrogen-bond acceptors (Lipinski definition) is 4. The number of benzene rings is 1. The van der Waals surface area contributed by atoms with Crippen LogP contribution < -0.4 is 4.74 Å². The Morgan fingerprint density at radius 3 is 2.75 bits per heavy atom. The number of hydrogen-bond donors (Lipinski definition) is 2. The Hall–Kier alpha value is -2.81. The SMILES string of the molecule is O=C(O)c1nn[nH]c1Oc1ccc(C#CC2CC2)cc1. The van der Waals surface area contributed by atoms with Crippen molar-refractivity contribution in [2.24, 2.45) is 5.92 Å². The Bertz CT molecular complexity index is 690. The molecule has 0 saturated heterocycles. The summed E-state index contributed by atoms with van der Waals surface area (Å²) in [6.07, 6.45) is 2.39. The first-order chi connectivity index (χ1) is 9.72. The highest BCUT2D eigenvalue weighted by molar-refractivity contribution is 5.87. The van der Waals surface area contributed by atoms with Crippen LogP contribution >= 0.6 is 0 Å². The molecular formula is C14H11N3O3. The molecule has 1 heterocycles. The quantitative estimate of drug-likeness (QED) is 0.832. The van der Waals surface area contributed by atoms with E-state index in [4.69, 9.17) is 9.84 Å². The van der Waals surface area contributed by atoms with E-state index in [2.05, 4.69) is 27.3 Å². The average molecular weight is 269 g/mol. The maximum Gasteiger partial charge on any atom is 0.362 e. The summed E-state index contributed by atoms with van der Waals surface area (Å²) in [5.74, 6) is 6.12. The predicted octanol–water partition coefficient (Wildman–Crippen LogP) is 2.06. The number of aromatic nitrogens is 3. The minimum atomic E-state index is -1.19. The zero-order chi connectivity index (χ0) is 13.9. The highest BCUT2D eigenvalue weighted by atomic mass is 16.5. The van der Waals surface area contributed by atoms with Crippen LogP contribution in [0.2, 0.25) is 0 Å². The summed E-state index contributed by atoms with van der Waals surface area (Å²) in [6, 6.07) is 7.11. The molecule has 0 radical (unpaired) electrons. The second-order valence-electron chi connectivity index (χ2n) is 4.46. The maximum atomic E-state index is 10.9. The lowest BCUT2D eigenvalue weighted by Crippen LogP contribution is -1.99. The van der Waals surface area contributed by atoms with Crippen LogP contribution in [0, 0.1) is 17.8 Å². The first-order valence-corrected chi connectivity index (χ1v) is 6.16. The lowest BCUT2D eigenvalue weighted by atomic mass is 10.2. The number of carboxylic acids is 1. The molecular weight excluding hydrogens is 258 g/mol. The molecule has 1 aliphatic carbocycles. The van der Waals surface area contributed by atoms with Gasteiger partial charge in [-0.1, -0.05) is 17.1 Å². The van der Waals surface area contributed by atoms with Gasteiger partial charge in [0.05, 0.1) is 0 Å². The fourth-order valence-corrected chi connectivity index (χ4v) is 1.57. The van der Waals surface area contributed by atoms with E-state index in [1.807, 2.05) is 12.1 Å². The molecule has 0 bridgehead atoms. The predicted molar refractivity (Wildman–Crippen MR) is 69.5 cm³/mol. The molecule has 1 fully saturated rings. The van der Waals surface area contributed by atoms with Gasteiger partial charge < -0.3 is 9.84 Å². The first kappa shape index (κ1) is 12.2. The van der Waals surface area contributed by atoms with Crippen LogP contribution in [-0.4, -0.2) is 26.5 Å². The molecule has 0 spiro atoms. The second kappa shape index (κ2) is 5.05. The van der Waals surface area contributed by atoms with Gasteiger partial charge in [-0.3, -0.25) is 0 Å². The number of aromatic amines is 1. The fourth-order valence-electron chi connectivity index (χ4n) is 1.57.